The number of benzene rings is 1. The van der Waals surface area contributed by atoms with Crippen LogP contribution in [0.2, 0.25) is 0 Å². The van der Waals surface area contributed by atoms with Gasteiger partial charge in [-0.2, -0.15) is 0 Å². The molecule has 3 aliphatic rings. The Balaban J connectivity index is 1.71. The zero-order chi connectivity index (χ0) is 19.0. The van der Waals surface area contributed by atoms with Gasteiger partial charge in [0.2, 0.25) is 11.8 Å². The Kier molecular flexibility index (Phi) is 5.00. The standard InChI is InChI=1S/C21H26N2O4/c22-20(25)15-9-5-4-8-14(15)18(13-6-2-1-3-7-13)21(26)23-11-10-17-19(23)16(24)12-27-17/h4-5,8-9,13,17-19H,1-3,6-7,10-12H2,(H2,22,25)/t17-,18+,19-/m1/s1. The average Bonchev–Trinajstić information content (AvgIpc) is 3.26. The molecule has 6 heteroatoms. The number of amides is 2. The maximum absolute atomic E-state index is 13.7. The summed E-state index contributed by atoms with van der Waals surface area (Å²) < 4.78 is 5.54. The Labute approximate surface area is 159 Å². The number of ether oxygens (including phenoxy) is 1. The molecular formula is C21H26N2O4. The van der Waals surface area contributed by atoms with Gasteiger partial charge >= 0.3 is 0 Å². The van der Waals surface area contributed by atoms with Gasteiger partial charge in [0.15, 0.2) is 5.78 Å². The number of carbonyl (C=O) groups is 3. The van der Waals surface area contributed by atoms with Gasteiger partial charge in [-0.25, -0.2) is 0 Å². The highest BCUT2D eigenvalue weighted by molar-refractivity contribution is 5.98. The van der Waals surface area contributed by atoms with Crippen molar-refractivity contribution in [1.29, 1.82) is 0 Å². The minimum atomic E-state index is -0.515. The van der Waals surface area contributed by atoms with Gasteiger partial charge < -0.3 is 15.4 Å². The minimum Gasteiger partial charge on any atom is -0.368 e. The number of primary amides is 1. The molecule has 2 amide bonds. The Morgan fingerprint density at radius 3 is 2.59 bits per heavy atom. The molecular weight excluding hydrogens is 344 g/mol. The summed E-state index contributed by atoms with van der Waals surface area (Å²) in [7, 11) is 0. The van der Waals surface area contributed by atoms with Crippen LogP contribution in [0.25, 0.3) is 0 Å². The quantitative estimate of drug-likeness (QED) is 0.878. The van der Waals surface area contributed by atoms with Crippen molar-refractivity contribution in [2.24, 2.45) is 11.7 Å². The summed E-state index contributed by atoms with van der Waals surface area (Å²) in [5.41, 5.74) is 6.72. The maximum Gasteiger partial charge on any atom is 0.249 e. The molecule has 3 atom stereocenters. The number of hydrogen-bond acceptors (Lipinski definition) is 4. The number of Topliss-reactive ketones (excluding diaryl/α,β-unsaturated/α-hetero) is 1. The van der Waals surface area contributed by atoms with E-state index in [9.17, 15) is 14.4 Å². The van der Waals surface area contributed by atoms with Crippen LogP contribution in [-0.4, -0.2) is 47.8 Å². The van der Waals surface area contributed by atoms with Gasteiger partial charge in [-0.3, -0.25) is 14.4 Å². The van der Waals surface area contributed by atoms with Crippen molar-refractivity contribution in [2.45, 2.75) is 56.6 Å². The molecule has 144 valence electrons. The molecule has 6 nitrogen and oxygen atoms in total. The molecule has 0 spiro atoms. The van der Waals surface area contributed by atoms with E-state index in [0.717, 1.165) is 25.7 Å². The average molecular weight is 370 g/mol. The van der Waals surface area contributed by atoms with Crippen LogP contribution >= 0.6 is 0 Å². The summed E-state index contributed by atoms with van der Waals surface area (Å²) in [6.45, 7) is 0.618. The molecule has 1 saturated carbocycles. The number of likely N-dealkylation sites (tertiary alicyclic amines) is 1. The van der Waals surface area contributed by atoms with E-state index in [1.807, 2.05) is 12.1 Å². The molecule has 1 aromatic carbocycles. The first-order valence-electron chi connectivity index (χ1n) is 9.91. The Hall–Kier alpha value is -2.21. The number of ketones is 1. The zero-order valence-corrected chi connectivity index (χ0v) is 15.4. The summed E-state index contributed by atoms with van der Waals surface area (Å²) >= 11 is 0. The topological polar surface area (TPSA) is 89.7 Å². The van der Waals surface area contributed by atoms with E-state index >= 15 is 0 Å². The largest absolute Gasteiger partial charge is 0.368 e. The fourth-order valence-corrected chi connectivity index (χ4v) is 5.07. The number of fused-ring (bicyclic) bond motifs is 1. The third-order valence-electron chi connectivity index (χ3n) is 6.34. The summed E-state index contributed by atoms with van der Waals surface area (Å²) in [6, 6.07) is 6.69. The van der Waals surface area contributed by atoms with Crippen molar-refractivity contribution in [2.75, 3.05) is 13.2 Å². The van der Waals surface area contributed by atoms with Gasteiger partial charge in [0.05, 0.1) is 12.0 Å². The fourth-order valence-electron chi connectivity index (χ4n) is 5.07. The van der Waals surface area contributed by atoms with Crippen molar-refractivity contribution in [3.05, 3.63) is 35.4 Å². The molecule has 0 bridgehead atoms. The molecule has 27 heavy (non-hydrogen) atoms. The summed E-state index contributed by atoms with van der Waals surface area (Å²) in [6.07, 6.45) is 5.76. The van der Waals surface area contributed by atoms with E-state index in [2.05, 4.69) is 0 Å². The van der Waals surface area contributed by atoms with Crippen LogP contribution in [0.5, 0.6) is 0 Å². The lowest BCUT2D eigenvalue weighted by Gasteiger charge is -2.34. The van der Waals surface area contributed by atoms with Gasteiger partial charge in [-0.05, 0) is 36.8 Å². The minimum absolute atomic E-state index is 0.0172. The van der Waals surface area contributed by atoms with E-state index in [4.69, 9.17) is 10.5 Å². The number of hydrogen-bond donors (Lipinski definition) is 1. The maximum atomic E-state index is 13.7. The van der Waals surface area contributed by atoms with Gasteiger partial charge in [-0.15, -0.1) is 0 Å². The second-order valence-electron chi connectivity index (χ2n) is 7.91. The number of nitrogens with zero attached hydrogens (tertiary/aromatic N) is 1. The van der Waals surface area contributed by atoms with Crippen LogP contribution in [0.4, 0.5) is 0 Å². The molecule has 0 radical (unpaired) electrons. The van der Waals surface area contributed by atoms with Gasteiger partial charge in [0.25, 0.3) is 0 Å². The normalized spacial score (nSPS) is 26.8. The molecule has 0 aromatic heterocycles. The lowest BCUT2D eigenvalue weighted by atomic mass is 9.74. The molecule has 0 unspecified atom stereocenters. The Morgan fingerprint density at radius 1 is 1.11 bits per heavy atom. The summed E-state index contributed by atoms with van der Waals surface area (Å²) in [5, 5.41) is 0. The monoisotopic (exact) mass is 370 g/mol. The fraction of sp³-hybridized carbons (Fsp3) is 0.571. The van der Waals surface area contributed by atoms with Crippen molar-refractivity contribution < 1.29 is 19.1 Å². The van der Waals surface area contributed by atoms with E-state index in [-0.39, 0.29) is 30.3 Å². The predicted octanol–water partition coefficient (Wildman–Crippen LogP) is 2.02. The molecule has 2 heterocycles. The predicted molar refractivity (Wildman–Crippen MR) is 99.1 cm³/mol. The van der Waals surface area contributed by atoms with Crippen molar-refractivity contribution in [3.63, 3.8) is 0 Å². The molecule has 4 rings (SSSR count). The van der Waals surface area contributed by atoms with Crippen molar-refractivity contribution in [3.8, 4) is 0 Å². The lowest BCUT2D eigenvalue weighted by Crippen LogP contribution is -2.46. The van der Waals surface area contributed by atoms with Crippen molar-refractivity contribution >= 4 is 17.6 Å². The van der Waals surface area contributed by atoms with E-state index < -0.39 is 17.9 Å². The van der Waals surface area contributed by atoms with Crippen LogP contribution in [0.15, 0.2) is 24.3 Å². The van der Waals surface area contributed by atoms with Gasteiger partial charge in [0.1, 0.15) is 12.6 Å². The zero-order valence-electron chi connectivity index (χ0n) is 15.4. The van der Waals surface area contributed by atoms with E-state index in [1.165, 1.54) is 6.42 Å². The molecule has 2 saturated heterocycles. The highest BCUT2D eigenvalue weighted by atomic mass is 16.5. The first-order chi connectivity index (χ1) is 13.1. The van der Waals surface area contributed by atoms with E-state index in [0.29, 0.717) is 24.1 Å². The molecule has 1 aromatic rings. The second kappa shape index (κ2) is 7.43. The third kappa shape index (κ3) is 3.27. The molecule has 2 aliphatic heterocycles. The van der Waals surface area contributed by atoms with E-state index in [1.54, 1.807) is 17.0 Å². The van der Waals surface area contributed by atoms with Crippen LogP contribution in [-0.2, 0) is 14.3 Å². The smallest absolute Gasteiger partial charge is 0.249 e. The summed E-state index contributed by atoms with van der Waals surface area (Å²) in [4.78, 5) is 39.7. The van der Waals surface area contributed by atoms with Crippen LogP contribution in [0, 0.1) is 5.92 Å². The van der Waals surface area contributed by atoms with Crippen molar-refractivity contribution in [1.82, 2.24) is 4.90 Å². The number of nitrogens with two attached hydrogens (primary N) is 1. The third-order valence-corrected chi connectivity index (χ3v) is 6.34. The first kappa shape index (κ1) is 18.2. The highest BCUT2D eigenvalue weighted by Crippen LogP contribution is 2.40. The van der Waals surface area contributed by atoms with Crippen LogP contribution in [0.3, 0.4) is 0 Å². The number of rotatable bonds is 4. The van der Waals surface area contributed by atoms with Crippen LogP contribution < -0.4 is 5.73 Å². The molecule has 2 N–H and O–H groups in total. The Bertz CT molecular complexity index is 756. The molecule has 3 fully saturated rings. The first-order valence-corrected chi connectivity index (χ1v) is 9.91. The van der Waals surface area contributed by atoms with Crippen LogP contribution in [0.1, 0.15) is 60.4 Å². The lowest BCUT2D eigenvalue weighted by molar-refractivity contribution is -0.139. The SMILES string of the molecule is NC(=O)c1ccccc1[C@@H](C(=O)N1CC[C@H]2OCC(=O)[C@H]21)C1CCCCC1. The number of carbonyl (C=O) groups excluding carboxylic acids is 3. The van der Waals surface area contributed by atoms with Gasteiger partial charge in [-0.1, -0.05) is 37.5 Å². The summed E-state index contributed by atoms with van der Waals surface area (Å²) in [5.74, 6) is -0.846. The Morgan fingerprint density at radius 2 is 1.85 bits per heavy atom. The highest BCUT2D eigenvalue weighted by Gasteiger charge is 2.49. The van der Waals surface area contributed by atoms with Gasteiger partial charge in [0, 0.05) is 12.1 Å². The molecule has 1 aliphatic carbocycles. The second-order valence-corrected chi connectivity index (χ2v) is 7.91.